The largest absolute Gasteiger partial charge is 0.449 e. The third-order valence-electron chi connectivity index (χ3n) is 3.13. The van der Waals surface area contributed by atoms with Crippen molar-refractivity contribution in [2.45, 2.75) is 13.3 Å². The van der Waals surface area contributed by atoms with Crippen molar-refractivity contribution in [1.82, 2.24) is 0 Å². The van der Waals surface area contributed by atoms with Crippen LogP contribution in [0.1, 0.15) is 12.0 Å². The Labute approximate surface area is 115 Å². The molecule has 0 radical (unpaired) electrons. The molecule has 4 nitrogen and oxygen atoms in total. The molecule has 1 aliphatic heterocycles. The highest BCUT2D eigenvalue weighted by atomic mass is 79.9. The molecule has 1 aromatic rings. The first-order valence-corrected chi connectivity index (χ1v) is 6.81. The highest BCUT2D eigenvalue weighted by molar-refractivity contribution is 9.10. The van der Waals surface area contributed by atoms with E-state index in [1.807, 2.05) is 25.1 Å². The molecule has 18 heavy (non-hydrogen) atoms. The molecule has 1 amide bonds. The predicted molar refractivity (Wildman–Crippen MR) is 74.7 cm³/mol. The number of hydrogen-bond acceptors (Lipinski definition) is 3. The number of benzene rings is 1. The Morgan fingerprint density at radius 3 is 3.00 bits per heavy atom. The molecule has 1 atom stereocenters. The van der Waals surface area contributed by atoms with Gasteiger partial charge in [-0.2, -0.15) is 0 Å². The number of amides is 1. The van der Waals surface area contributed by atoms with Crippen LogP contribution in [0, 0.1) is 12.8 Å². The Balaban J connectivity index is 2.21. The molecule has 2 N–H and O–H groups in total. The highest BCUT2D eigenvalue weighted by Crippen LogP contribution is 2.27. The van der Waals surface area contributed by atoms with E-state index in [1.165, 1.54) is 0 Å². The maximum atomic E-state index is 11.8. The van der Waals surface area contributed by atoms with Crippen molar-refractivity contribution in [3.63, 3.8) is 0 Å². The summed E-state index contributed by atoms with van der Waals surface area (Å²) in [5.74, 6) is 0.316. The molecule has 1 saturated heterocycles. The van der Waals surface area contributed by atoms with Crippen LogP contribution in [0.5, 0.6) is 0 Å². The summed E-state index contributed by atoms with van der Waals surface area (Å²) in [6, 6.07) is 5.86. The number of carbonyl (C=O) groups excluding carboxylic acids is 1. The molecule has 2 rings (SSSR count). The maximum absolute atomic E-state index is 11.8. The van der Waals surface area contributed by atoms with E-state index in [9.17, 15) is 4.79 Å². The van der Waals surface area contributed by atoms with Crippen molar-refractivity contribution < 1.29 is 9.53 Å². The number of hydrogen-bond donors (Lipinski definition) is 1. The van der Waals surface area contributed by atoms with Gasteiger partial charge in [0.25, 0.3) is 0 Å². The monoisotopic (exact) mass is 312 g/mol. The summed E-state index contributed by atoms with van der Waals surface area (Å²) in [5, 5.41) is 0. The van der Waals surface area contributed by atoms with Gasteiger partial charge >= 0.3 is 6.09 Å². The number of anilines is 1. The van der Waals surface area contributed by atoms with E-state index in [-0.39, 0.29) is 6.09 Å². The van der Waals surface area contributed by atoms with Gasteiger partial charge in [-0.05, 0) is 43.7 Å². The van der Waals surface area contributed by atoms with E-state index in [2.05, 4.69) is 15.9 Å². The zero-order valence-corrected chi connectivity index (χ0v) is 11.9. The lowest BCUT2D eigenvalue weighted by Gasteiger charge is -2.32. The summed E-state index contributed by atoms with van der Waals surface area (Å²) >= 11 is 3.42. The molecule has 5 heteroatoms. The predicted octanol–water partition coefficient (Wildman–Crippen LogP) is 2.68. The van der Waals surface area contributed by atoms with Crippen LogP contribution in [0.2, 0.25) is 0 Å². The van der Waals surface area contributed by atoms with Crippen LogP contribution in [0.25, 0.3) is 0 Å². The second-order valence-electron chi connectivity index (χ2n) is 4.56. The molecule has 0 aliphatic carbocycles. The lowest BCUT2D eigenvalue weighted by atomic mass is 10.0. The zero-order chi connectivity index (χ0) is 13.1. The second kappa shape index (κ2) is 5.71. The SMILES string of the molecule is Cc1cc(Br)ccc1N1CC(CCN)COC1=O. The van der Waals surface area contributed by atoms with Crippen LogP contribution in [0.4, 0.5) is 10.5 Å². The van der Waals surface area contributed by atoms with Gasteiger partial charge in [0.15, 0.2) is 0 Å². The molecule has 0 saturated carbocycles. The number of halogens is 1. The van der Waals surface area contributed by atoms with Crippen molar-refractivity contribution in [2.24, 2.45) is 11.7 Å². The van der Waals surface area contributed by atoms with Gasteiger partial charge in [-0.1, -0.05) is 15.9 Å². The van der Waals surface area contributed by atoms with Crippen LogP contribution in [0.3, 0.4) is 0 Å². The van der Waals surface area contributed by atoms with E-state index in [4.69, 9.17) is 10.5 Å². The van der Waals surface area contributed by atoms with E-state index in [0.717, 1.165) is 22.1 Å². The van der Waals surface area contributed by atoms with Crippen LogP contribution in [-0.4, -0.2) is 25.8 Å². The number of aryl methyl sites for hydroxylation is 1. The summed E-state index contributed by atoms with van der Waals surface area (Å²) in [6.07, 6.45) is 0.605. The molecular formula is C13H17BrN2O2. The smallest absolute Gasteiger partial charge is 0.414 e. The number of cyclic esters (lactones) is 1. The molecule has 0 aromatic heterocycles. The minimum absolute atomic E-state index is 0.270. The van der Waals surface area contributed by atoms with Crippen molar-refractivity contribution in [3.8, 4) is 0 Å². The third-order valence-corrected chi connectivity index (χ3v) is 3.62. The summed E-state index contributed by atoms with van der Waals surface area (Å²) in [5.41, 5.74) is 7.52. The van der Waals surface area contributed by atoms with E-state index >= 15 is 0 Å². The van der Waals surface area contributed by atoms with Gasteiger partial charge in [-0.25, -0.2) is 4.79 Å². The number of carbonyl (C=O) groups is 1. The second-order valence-corrected chi connectivity index (χ2v) is 5.48. The lowest BCUT2D eigenvalue weighted by molar-refractivity contribution is 0.113. The van der Waals surface area contributed by atoms with Crippen molar-refractivity contribution in [3.05, 3.63) is 28.2 Å². The van der Waals surface area contributed by atoms with E-state index in [1.54, 1.807) is 4.90 Å². The first-order valence-electron chi connectivity index (χ1n) is 6.02. The third kappa shape index (κ3) is 2.84. The summed E-state index contributed by atoms with van der Waals surface area (Å²) in [4.78, 5) is 13.5. The van der Waals surface area contributed by atoms with Crippen LogP contribution < -0.4 is 10.6 Å². The first kappa shape index (κ1) is 13.4. The Hall–Kier alpha value is -1.07. The van der Waals surface area contributed by atoms with Gasteiger partial charge in [0.2, 0.25) is 0 Å². The standard InChI is InChI=1S/C13H17BrN2O2/c1-9-6-11(14)2-3-12(9)16-7-10(4-5-15)8-18-13(16)17/h2-3,6,10H,4-5,7-8,15H2,1H3. The van der Waals surface area contributed by atoms with Gasteiger partial charge in [-0.3, -0.25) is 4.90 Å². The molecule has 0 spiro atoms. The number of nitrogens with zero attached hydrogens (tertiary/aromatic N) is 1. The Kier molecular flexibility index (Phi) is 4.24. The Morgan fingerprint density at radius 2 is 2.33 bits per heavy atom. The number of nitrogens with two attached hydrogens (primary N) is 1. The topological polar surface area (TPSA) is 55.6 Å². The van der Waals surface area contributed by atoms with Gasteiger partial charge in [0, 0.05) is 16.9 Å². The van der Waals surface area contributed by atoms with Gasteiger partial charge in [0.05, 0.1) is 12.3 Å². The number of ether oxygens (including phenoxy) is 1. The van der Waals surface area contributed by atoms with Gasteiger partial charge in [-0.15, -0.1) is 0 Å². The fourth-order valence-electron chi connectivity index (χ4n) is 2.18. The fraction of sp³-hybridized carbons (Fsp3) is 0.462. The molecule has 1 aliphatic rings. The number of rotatable bonds is 3. The highest BCUT2D eigenvalue weighted by Gasteiger charge is 2.28. The fourth-order valence-corrected chi connectivity index (χ4v) is 2.66. The Morgan fingerprint density at radius 1 is 1.56 bits per heavy atom. The van der Waals surface area contributed by atoms with Crippen molar-refractivity contribution in [1.29, 1.82) is 0 Å². The summed E-state index contributed by atoms with van der Waals surface area (Å²) in [6.45, 7) is 3.76. The minimum Gasteiger partial charge on any atom is -0.449 e. The molecule has 0 bridgehead atoms. The zero-order valence-electron chi connectivity index (χ0n) is 10.4. The Bertz CT molecular complexity index is 451. The van der Waals surface area contributed by atoms with Crippen molar-refractivity contribution >= 4 is 27.7 Å². The summed E-state index contributed by atoms with van der Waals surface area (Å²) < 4.78 is 6.22. The van der Waals surface area contributed by atoms with Crippen LogP contribution in [-0.2, 0) is 4.74 Å². The first-order chi connectivity index (χ1) is 8.61. The summed E-state index contributed by atoms with van der Waals surface area (Å²) in [7, 11) is 0. The van der Waals surface area contributed by atoms with Crippen LogP contribution >= 0.6 is 15.9 Å². The minimum atomic E-state index is -0.270. The van der Waals surface area contributed by atoms with Crippen molar-refractivity contribution in [2.75, 3.05) is 24.6 Å². The molecule has 1 fully saturated rings. The van der Waals surface area contributed by atoms with Crippen LogP contribution in [0.15, 0.2) is 22.7 Å². The van der Waals surface area contributed by atoms with Gasteiger partial charge < -0.3 is 10.5 Å². The molecule has 1 aromatic carbocycles. The molecule has 98 valence electrons. The average molecular weight is 313 g/mol. The molecule has 1 heterocycles. The lowest BCUT2D eigenvalue weighted by Crippen LogP contribution is -2.44. The normalized spacial score (nSPS) is 19.8. The van der Waals surface area contributed by atoms with E-state index in [0.29, 0.717) is 25.6 Å². The van der Waals surface area contributed by atoms with E-state index < -0.39 is 0 Å². The maximum Gasteiger partial charge on any atom is 0.414 e. The molecule has 1 unspecified atom stereocenters. The molecular weight excluding hydrogens is 296 g/mol. The quantitative estimate of drug-likeness (QED) is 0.933. The van der Waals surface area contributed by atoms with Gasteiger partial charge in [0.1, 0.15) is 0 Å². The average Bonchev–Trinajstić information content (AvgIpc) is 2.33.